The number of anilines is 8. The summed E-state index contributed by atoms with van der Waals surface area (Å²) in [5, 5.41) is 5.94. The van der Waals surface area contributed by atoms with Gasteiger partial charge in [0.2, 0.25) is 0 Å². The van der Waals surface area contributed by atoms with Crippen LogP contribution in [0.15, 0.2) is 393 Å². The largest absolute Gasteiger partial charge is 0.355 e. The number of rotatable bonds is 11. The topological polar surface area (TPSA) is 23.4 Å². The number of halogens is 1. The van der Waals surface area contributed by atoms with Gasteiger partial charge in [-0.15, -0.1) is 0 Å². The first kappa shape index (κ1) is 59.0. The lowest BCUT2D eigenvalue weighted by Crippen LogP contribution is -2.26. The average Bonchev–Trinajstić information content (AvgIpc) is 1.51. The first-order valence-electron chi connectivity index (χ1n) is 32.7. The molecular weight excluding hydrogens is 1230 g/mol. The van der Waals surface area contributed by atoms with E-state index >= 15 is 0 Å². The molecule has 0 amide bonds. The van der Waals surface area contributed by atoms with Crippen LogP contribution in [0, 0.1) is 0 Å². The van der Waals surface area contributed by atoms with Crippen LogP contribution in [0.1, 0.15) is 22.3 Å². The van der Waals surface area contributed by atoms with Crippen molar-refractivity contribution in [2.45, 2.75) is 5.41 Å². The highest BCUT2D eigenvalue weighted by Crippen LogP contribution is 2.64. The van der Waals surface area contributed by atoms with E-state index in [1.54, 1.807) is 0 Å². The third-order valence-electron chi connectivity index (χ3n) is 18.6. The van der Waals surface area contributed by atoms with Crippen molar-refractivity contribution >= 4 is 83.2 Å². The Balaban J connectivity index is 0.000000231. The van der Waals surface area contributed by atoms with Crippen LogP contribution in [0.3, 0.4) is 0 Å². The molecule has 1 N–H and O–H groups in total. The Kier molecular flexibility index (Phi) is 16.1. The molecule has 96 heavy (non-hydrogen) atoms. The fourth-order valence-electron chi connectivity index (χ4n) is 14.5. The molecule has 0 radical (unpaired) electrons. The van der Waals surface area contributed by atoms with Gasteiger partial charge in [-0.05, 0) is 171 Å². The van der Waals surface area contributed by atoms with Crippen molar-refractivity contribution in [3.63, 3.8) is 0 Å². The Labute approximate surface area is 569 Å². The zero-order valence-electron chi connectivity index (χ0n) is 52.7. The smallest absolute Gasteiger partial charge is 0.0727 e. The van der Waals surface area contributed by atoms with Crippen molar-refractivity contribution in [3.05, 3.63) is 415 Å². The van der Waals surface area contributed by atoms with E-state index in [1.165, 1.54) is 88.6 Å². The van der Waals surface area contributed by atoms with E-state index in [2.05, 4.69) is 369 Å². The lowest BCUT2D eigenvalue weighted by atomic mass is 9.70. The van der Waals surface area contributed by atoms with E-state index in [-0.39, 0.29) is 0 Å². The summed E-state index contributed by atoms with van der Waals surface area (Å²) >= 11 is 3.31. The molecule has 15 aromatic carbocycles. The summed E-state index contributed by atoms with van der Waals surface area (Å²) in [6, 6.07) is 139. The first-order chi connectivity index (χ1) is 47.6. The van der Waals surface area contributed by atoms with Crippen molar-refractivity contribution < 1.29 is 0 Å². The van der Waals surface area contributed by atoms with E-state index in [0.717, 1.165) is 55.7 Å². The molecule has 18 rings (SSSR count). The minimum atomic E-state index is -0.600. The zero-order valence-corrected chi connectivity index (χ0v) is 54.3. The maximum atomic E-state index is 3.47. The summed E-state index contributed by atoms with van der Waals surface area (Å²) in [7, 11) is 0. The summed E-state index contributed by atoms with van der Waals surface area (Å²) in [5.74, 6) is 0. The standard InChI is InChI=1S/C67H45N3.C18H15N.C6H5Br/c1-5-21-46(22-6-1)53-29-15-19-35-64(53)69(48-25-9-3-10-26-48)51-38-41-57-55-31-14-18-34-61(55)67(63(57)44-51)60-33-17-13-30-54(60)56-40-37-50(43-62(56)67)68(47-23-7-2-8-24-47)52-39-42-59-58-32-16-20-36-65(58)70(66(59)45-52)49-27-11-4-12-28-49;1-3-9-15(10-4-1)17-13-7-8-14-18(17)19-16-11-5-2-6-12-16;7-6-4-2-1-3-5-6/h1-45H;1-14,19H;1-5H. The van der Waals surface area contributed by atoms with Gasteiger partial charge in [0.05, 0.1) is 22.1 Å². The number of nitrogens with one attached hydrogen (secondary N) is 1. The average molecular weight is 1290 g/mol. The number of hydrogen-bond donors (Lipinski definition) is 1. The Morgan fingerprint density at radius 1 is 0.271 bits per heavy atom. The molecule has 456 valence electrons. The van der Waals surface area contributed by atoms with Gasteiger partial charge in [0, 0.05) is 71.9 Å². The third kappa shape index (κ3) is 10.9. The highest BCUT2D eigenvalue weighted by molar-refractivity contribution is 9.10. The van der Waals surface area contributed by atoms with Gasteiger partial charge in [-0.25, -0.2) is 0 Å². The number of aromatic nitrogens is 1. The molecule has 4 nitrogen and oxygen atoms in total. The number of hydrogen-bond acceptors (Lipinski definition) is 3. The molecule has 1 heterocycles. The number of nitrogens with zero attached hydrogens (tertiary/aromatic N) is 3. The molecule has 1 atom stereocenters. The second kappa shape index (κ2) is 26.2. The predicted octanol–water partition coefficient (Wildman–Crippen LogP) is 25.3. The van der Waals surface area contributed by atoms with Crippen LogP contribution in [-0.4, -0.2) is 4.57 Å². The predicted molar refractivity (Wildman–Crippen MR) is 408 cm³/mol. The van der Waals surface area contributed by atoms with Crippen LogP contribution in [0.2, 0.25) is 0 Å². The van der Waals surface area contributed by atoms with E-state index < -0.39 is 5.41 Å². The lowest BCUT2D eigenvalue weighted by molar-refractivity contribution is 0.793. The second-order valence-corrected chi connectivity index (χ2v) is 25.0. The molecule has 0 saturated heterocycles. The van der Waals surface area contributed by atoms with Crippen molar-refractivity contribution in [1.29, 1.82) is 0 Å². The maximum absolute atomic E-state index is 3.47. The minimum absolute atomic E-state index is 0.600. The van der Waals surface area contributed by atoms with E-state index in [4.69, 9.17) is 0 Å². The van der Waals surface area contributed by atoms with Crippen LogP contribution in [-0.2, 0) is 5.41 Å². The molecule has 1 aromatic heterocycles. The molecule has 0 bridgehead atoms. The summed E-state index contributed by atoms with van der Waals surface area (Å²) in [6.07, 6.45) is 0. The maximum Gasteiger partial charge on any atom is 0.0727 e. The SMILES string of the molecule is Brc1ccccc1.c1ccc(-c2ccccc2N(c2ccccc2)c2ccc3c(c2)C2(c4ccccc4-c4ccc(N(c5ccccc5)c5ccc6c7ccccc7n(-c7ccccc7)c6c5)cc42)c2ccccc2-3)cc1.c1ccc(Nc2ccccc2-c2ccccc2)cc1. The van der Waals surface area contributed by atoms with Crippen LogP contribution < -0.4 is 15.1 Å². The summed E-state index contributed by atoms with van der Waals surface area (Å²) < 4.78 is 3.54. The molecule has 0 fully saturated rings. The quantitative estimate of drug-likeness (QED) is 0.140. The second-order valence-electron chi connectivity index (χ2n) is 24.1. The van der Waals surface area contributed by atoms with Gasteiger partial charge in [-0.2, -0.15) is 0 Å². The molecule has 2 aliphatic carbocycles. The highest BCUT2D eigenvalue weighted by atomic mass is 79.9. The summed E-state index contributed by atoms with van der Waals surface area (Å²) in [4.78, 5) is 4.89. The molecule has 0 aliphatic heterocycles. The normalized spacial score (nSPS) is 12.9. The molecule has 2 aliphatic rings. The summed E-state index contributed by atoms with van der Waals surface area (Å²) in [6.45, 7) is 0. The van der Waals surface area contributed by atoms with Crippen LogP contribution in [0.5, 0.6) is 0 Å². The number of fused-ring (bicyclic) bond motifs is 13. The first-order valence-corrected chi connectivity index (χ1v) is 33.5. The third-order valence-corrected chi connectivity index (χ3v) is 19.1. The van der Waals surface area contributed by atoms with E-state index in [0.29, 0.717) is 0 Å². The zero-order chi connectivity index (χ0) is 64.2. The fraction of sp³-hybridized carbons (Fsp3) is 0.0110. The highest BCUT2D eigenvalue weighted by Gasteiger charge is 2.52. The fourth-order valence-corrected chi connectivity index (χ4v) is 14.8. The Hall–Kier alpha value is -12.0. The molecule has 16 aromatic rings. The molecule has 1 unspecified atom stereocenters. The number of para-hydroxylation sites is 7. The van der Waals surface area contributed by atoms with Crippen molar-refractivity contribution in [2.24, 2.45) is 0 Å². The Morgan fingerprint density at radius 2 is 0.677 bits per heavy atom. The molecule has 1 spiro atoms. The van der Waals surface area contributed by atoms with Gasteiger partial charge in [0.15, 0.2) is 0 Å². The minimum Gasteiger partial charge on any atom is -0.355 e. The van der Waals surface area contributed by atoms with E-state index in [1.807, 2.05) is 54.6 Å². The van der Waals surface area contributed by atoms with Crippen LogP contribution in [0.4, 0.5) is 45.5 Å². The van der Waals surface area contributed by atoms with Crippen LogP contribution in [0.25, 0.3) is 72.0 Å². The van der Waals surface area contributed by atoms with Gasteiger partial charge in [0.25, 0.3) is 0 Å². The van der Waals surface area contributed by atoms with Crippen molar-refractivity contribution in [2.75, 3.05) is 15.1 Å². The van der Waals surface area contributed by atoms with E-state index in [9.17, 15) is 0 Å². The van der Waals surface area contributed by atoms with Gasteiger partial charge in [-0.3, -0.25) is 0 Å². The van der Waals surface area contributed by atoms with Gasteiger partial charge >= 0.3 is 0 Å². The number of benzene rings is 15. The Bertz CT molecular complexity index is 5380. The monoisotopic (exact) mass is 1290 g/mol. The van der Waals surface area contributed by atoms with Crippen LogP contribution >= 0.6 is 15.9 Å². The van der Waals surface area contributed by atoms with Crippen molar-refractivity contribution in [1.82, 2.24) is 4.57 Å². The van der Waals surface area contributed by atoms with Gasteiger partial charge in [-0.1, -0.05) is 289 Å². The molecule has 5 heteroatoms. The van der Waals surface area contributed by atoms with Crippen molar-refractivity contribution in [3.8, 4) is 50.2 Å². The molecular formula is C91H65BrN4. The van der Waals surface area contributed by atoms with Gasteiger partial charge < -0.3 is 19.7 Å². The molecule has 0 saturated carbocycles. The summed E-state index contributed by atoms with van der Waals surface area (Å²) in [5.41, 5.74) is 26.8. The Morgan fingerprint density at radius 3 is 1.26 bits per heavy atom. The lowest BCUT2D eigenvalue weighted by Gasteiger charge is -2.33. The van der Waals surface area contributed by atoms with Gasteiger partial charge in [0.1, 0.15) is 0 Å².